The van der Waals surface area contributed by atoms with Crippen LogP contribution in [0, 0.1) is 11.3 Å². The first kappa shape index (κ1) is 7.93. The number of hydrogen-bond donors (Lipinski definition) is 0. The van der Waals surface area contributed by atoms with Crippen LogP contribution < -0.4 is 9.47 Å². The summed E-state index contributed by atoms with van der Waals surface area (Å²) in [5.74, 6) is 1.49. The summed E-state index contributed by atoms with van der Waals surface area (Å²) in [7, 11) is 0. The van der Waals surface area contributed by atoms with E-state index in [1.807, 2.05) is 25.1 Å². The normalized spacial score (nSPS) is 18.3. The Bertz CT molecular complexity index is 368. The molecule has 66 valence electrons. The second-order valence-corrected chi connectivity index (χ2v) is 2.92. The Kier molecular flexibility index (Phi) is 1.82. The van der Waals surface area contributed by atoms with E-state index in [4.69, 9.17) is 14.7 Å². The molecule has 3 heteroatoms. The van der Waals surface area contributed by atoms with Crippen LogP contribution in [0.5, 0.6) is 11.5 Å². The smallest absolute Gasteiger partial charge is 0.238 e. The molecule has 0 saturated heterocycles. The number of hydrogen-bond acceptors (Lipinski definition) is 3. The van der Waals surface area contributed by atoms with E-state index in [-0.39, 0.29) is 6.29 Å². The molecular formula is C10H9NO2. The van der Waals surface area contributed by atoms with Crippen molar-refractivity contribution in [3.63, 3.8) is 0 Å². The van der Waals surface area contributed by atoms with E-state index in [9.17, 15) is 0 Å². The Labute approximate surface area is 76.5 Å². The maximum atomic E-state index is 8.50. The van der Waals surface area contributed by atoms with Crippen molar-refractivity contribution in [2.75, 3.05) is 0 Å². The summed E-state index contributed by atoms with van der Waals surface area (Å²) in [5, 5.41) is 8.50. The van der Waals surface area contributed by atoms with Gasteiger partial charge in [0.05, 0.1) is 12.5 Å². The van der Waals surface area contributed by atoms with Crippen molar-refractivity contribution in [3.05, 3.63) is 23.8 Å². The lowest BCUT2D eigenvalue weighted by Gasteiger charge is -1.99. The average molecular weight is 175 g/mol. The number of nitrogens with zero attached hydrogens (tertiary/aromatic N) is 1. The lowest BCUT2D eigenvalue weighted by Crippen LogP contribution is -2.11. The Balaban J connectivity index is 2.30. The van der Waals surface area contributed by atoms with E-state index in [0.29, 0.717) is 6.42 Å². The molecular weight excluding hydrogens is 166 g/mol. The molecule has 1 aliphatic heterocycles. The van der Waals surface area contributed by atoms with Crippen LogP contribution in [0.1, 0.15) is 12.5 Å². The van der Waals surface area contributed by atoms with Gasteiger partial charge in [0, 0.05) is 6.92 Å². The third-order valence-electron chi connectivity index (χ3n) is 1.88. The summed E-state index contributed by atoms with van der Waals surface area (Å²) in [6.45, 7) is 1.84. The second kappa shape index (κ2) is 2.98. The first-order valence-corrected chi connectivity index (χ1v) is 4.13. The average Bonchev–Trinajstić information content (AvgIpc) is 2.44. The fourth-order valence-electron chi connectivity index (χ4n) is 1.32. The quantitative estimate of drug-likeness (QED) is 0.654. The summed E-state index contributed by atoms with van der Waals surface area (Å²) in [6.07, 6.45) is 0.192. The van der Waals surface area contributed by atoms with Gasteiger partial charge in [-0.2, -0.15) is 5.26 Å². The van der Waals surface area contributed by atoms with E-state index >= 15 is 0 Å². The predicted molar refractivity (Wildman–Crippen MR) is 46.5 cm³/mol. The van der Waals surface area contributed by atoms with Crippen LogP contribution in [0.2, 0.25) is 0 Å². The highest BCUT2D eigenvalue weighted by atomic mass is 16.7. The zero-order chi connectivity index (χ0) is 9.26. The highest BCUT2D eigenvalue weighted by Gasteiger charge is 2.19. The van der Waals surface area contributed by atoms with E-state index in [0.717, 1.165) is 17.1 Å². The van der Waals surface area contributed by atoms with Crippen LogP contribution in [-0.2, 0) is 6.42 Å². The molecule has 13 heavy (non-hydrogen) atoms. The highest BCUT2D eigenvalue weighted by Crippen LogP contribution is 2.35. The number of fused-ring (bicyclic) bond motifs is 1. The zero-order valence-corrected chi connectivity index (χ0v) is 7.28. The predicted octanol–water partition coefficient (Wildman–Crippen LogP) is 1.87. The summed E-state index contributed by atoms with van der Waals surface area (Å²) in [5.41, 5.74) is 0.957. The molecule has 0 aliphatic carbocycles. The van der Waals surface area contributed by atoms with Crippen molar-refractivity contribution in [1.29, 1.82) is 5.26 Å². The molecule has 0 radical (unpaired) electrons. The summed E-state index contributed by atoms with van der Waals surface area (Å²) in [4.78, 5) is 0. The van der Waals surface area contributed by atoms with Gasteiger partial charge < -0.3 is 9.47 Å². The van der Waals surface area contributed by atoms with Crippen molar-refractivity contribution < 1.29 is 9.47 Å². The van der Waals surface area contributed by atoms with Crippen LogP contribution in [0.15, 0.2) is 18.2 Å². The SMILES string of the molecule is CC1Oc2ccc(CC#N)cc2O1. The van der Waals surface area contributed by atoms with Crippen molar-refractivity contribution in [2.45, 2.75) is 19.6 Å². The molecule has 1 unspecified atom stereocenters. The third kappa shape index (κ3) is 1.43. The third-order valence-corrected chi connectivity index (χ3v) is 1.88. The van der Waals surface area contributed by atoms with Crippen molar-refractivity contribution in [3.8, 4) is 17.6 Å². The molecule has 1 aromatic rings. The molecule has 0 saturated carbocycles. The van der Waals surface area contributed by atoms with Gasteiger partial charge >= 0.3 is 0 Å². The molecule has 1 aromatic carbocycles. The lowest BCUT2D eigenvalue weighted by molar-refractivity contribution is 0.0678. The molecule has 1 aliphatic rings. The summed E-state index contributed by atoms with van der Waals surface area (Å²) < 4.78 is 10.7. The van der Waals surface area contributed by atoms with Gasteiger partial charge in [0.15, 0.2) is 11.5 Å². The molecule has 0 fully saturated rings. The van der Waals surface area contributed by atoms with Crippen LogP contribution in [0.3, 0.4) is 0 Å². The summed E-state index contributed by atoms with van der Waals surface area (Å²) in [6, 6.07) is 7.66. The molecule has 3 nitrogen and oxygen atoms in total. The maximum absolute atomic E-state index is 8.50. The van der Waals surface area contributed by atoms with Crippen molar-refractivity contribution in [1.82, 2.24) is 0 Å². The molecule has 0 amide bonds. The molecule has 0 N–H and O–H groups in total. The number of nitriles is 1. The first-order chi connectivity index (χ1) is 6.29. The van der Waals surface area contributed by atoms with Crippen LogP contribution in [0.4, 0.5) is 0 Å². The molecule has 2 rings (SSSR count). The fourth-order valence-corrected chi connectivity index (χ4v) is 1.32. The summed E-state index contributed by atoms with van der Waals surface area (Å²) >= 11 is 0. The number of rotatable bonds is 1. The van der Waals surface area contributed by atoms with Gasteiger partial charge in [0.2, 0.25) is 6.29 Å². The maximum Gasteiger partial charge on any atom is 0.238 e. The standard InChI is InChI=1S/C10H9NO2/c1-7-12-9-3-2-8(4-5-11)6-10(9)13-7/h2-3,6-7H,4H2,1H3. The molecule has 1 atom stereocenters. The Morgan fingerprint density at radius 3 is 2.92 bits per heavy atom. The van der Waals surface area contributed by atoms with Crippen molar-refractivity contribution in [2.24, 2.45) is 0 Å². The minimum atomic E-state index is -0.215. The van der Waals surface area contributed by atoms with Crippen molar-refractivity contribution >= 4 is 0 Å². The van der Waals surface area contributed by atoms with Gasteiger partial charge in [-0.15, -0.1) is 0 Å². The van der Waals surface area contributed by atoms with Gasteiger partial charge in [0.25, 0.3) is 0 Å². The van der Waals surface area contributed by atoms with Gasteiger partial charge in [-0.05, 0) is 17.7 Å². The van der Waals surface area contributed by atoms with Gasteiger partial charge in [-0.3, -0.25) is 0 Å². The molecule has 0 aromatic heterocycles. The Morgan fingerprint density at radius 2 is 2.15 bits per heavy atom. The van der Waals surface area contributed by atoms with Crippen LogP contribution >= 0.6 is 0 Å². The van der Waals surface area contributed by atoms with Crippen LogP contribution in [-0.4, -0.2) is 6.29 Å². The first-order valence-electron chi connectivity index (χ1n) is 4.13. The van der Waals surface area contributed by atoms with E-state index in [2.05, 4.69) is 6.07 Å². The fraction of sp³-hybridized carbons (Fsp3) is 0.300. The lowest BCUT2D eigenvalue weighted by atomic mass is 10.1. The van der Waals surface area contributed by atoms with Gasteiger partial charge in [-0.1, -0.05) is 6.07 Å². The van der Waals surface area contributed by atoms with E-state index in [1.165, 1.54) is 0 Å². The minimum Gasteiger partial charge on any atom is -0.451 e. The largest absolute Gasteiger partial charge is 0.451 e. The molecule has 0 spiro atoms. The monoisotopic (exact) mass is 175 g/mol. The van der Waals surface area contributed by atoms with Gasteiger partial charge in [-0.25, -0.2) is 0 Å². The zero-order valence-electron chi connectivity index (χ0n) is 7.28. The topological polar surface area (TPSA) is 42.2 Å². The molecule has 0 bridgehead atoms. The Hall–Kier alpha value is -1.69. The highest BCUT2D eigenvalue weighted by molar-refractivity contribution is 5.45. The van der Waals surface area contributed by atoms with Crippen LogP contribution in [0.25, 0.3) is 0 Å². The van der Waals surface area contributed by atoms with Gasteiger partial charge in [0.1, 0.15) is 0 Å². The second-order valence-electron chi connectivity index (χ2n) is 2.92. The number of benzene rings is 1. The van der Waals surface area contributed by atoms with E-state index in [1.54, 1.807) is 0 Å². The number of ether oxygens (including phenoxy) is 2. The van der Waals surface area contributed by atoms with E-state index < -0.39 is 0 Å². The minimum absolute atomic E-state index is 0.215. The molecule has 1 heterocycles. The Morgan fingerprint density at radius 1 is 1.38 bits per heavy atom.